The Labute approximate surface area is 192 Å². The van der Waals surface area contributed by atoms with Gasteiger partial charge in [-0.2, -0.15) is 4.98 Å². The standard InChI is InChI=1S/C24H26N6O3/c1-29-10-15-33-23(29)18-5-3-4-17(16-18)20-21(31-2)22(26-19-6-8-25-9-7-19)28-24(27-20)30-11-13-32-14-12-30/h3-10,15-16,23H,11-14H2,1-2H3,(H,25,26,27,28). The highest BCUT2D eigenvalue weighted by Crippen LogP contribution is 2.38. The third kappa shape index (κ3) is 4.40. The van der Waals surface area contributed by atoms with E-state index in [1.807, 2.05) is 48.5 Å². The minimum Gasteiger partial charge on any atom is -0.491 e. The van der Waals surface area contributed by atoms with Crippen molar-refractivity contribution in [1.82, 2.24) is 19.9 Å². The number of rotatable bonds is 6. The number of pyridine rings is 1. The molecule has 0 radical (unpaired) electrons. The molecule has 2 aromatic heterocycles. The summed E-state index contributed by atoms with van der Waals surface area (Å²) in [6, 6.07) is 11.9. The molecule has 0 saturated carbocycles. The third-order valence-electron chi connectivity index (χ3n) is 5.61. The van der Waals surface area contributed by atoms with Crippen LogP contribution in [-0.4, -0.2) is 60.3 Å². The first-order chi connectivity index (χ1) is 16.2. The van der Waals surface area contributed by atoms with E-state index in [1.165, 1.54) is 0 Å². The van der Waals surface area contributed by atoms with Crippen LogP contribution in [0.3, 0.4) is 0 Å². The number of hydrogen-bond acceptors (Lipinski definition) is 9. The van der Waals surface area contributed by atoms with Gasteiger partial charge in [0, 0.05) is 55.5 Å². The molecule has 33 heavy (non-hydrogen) atoms. The molecule has 1 aromatic carbocycles. The van der Waals surface area contributed by atoms with Crippen LogP contribution in [0.2, 0.25) is 0 Å². The van der Waals surface area contributed by atoms with Crippen molar-refractivity contribution in [2.24, 2.45) is 0 Å². The molecule has 1 atom stereocenters. The Balaban J connectivity index is 1.60. The zero-order valence-corrected chi connectivity index (χ0v) is 18.6. The Morgan fingerprint density at radius 3 is 2.64 bits per heavy atom. The van der Waals surface area contributed by atoms with Gasteiger partial charge in [-0.05, 0) is 18.2 Å². The average Bonchev–Trinajstić information content (AvgIpc) is 3.30. The molecule has 1 saturated heterocycles. The van der Waals surface area contributed by atoms with Crippen LogP contribution in [0.5, 0.6) is 5.75 Å². The summed E-state index contributed by atoms with van der Waals surface area (Å²) in [4.78, 5) is 18.0. The van der Waals surface area contributed by atoms with E-state index in [2.05, 4.69) is 21.3 Å². The molecule has 170 valence electrons. The zero-order valence-electron chi connectivity index (χ0n) is 18.6. The van der Waals surface area contributed by atoms with Crippen molar-refractivity contribution in [2.75, 3.05) is 50.7 Å². The van der Waals surface area contributed by atoms with Gasteiger partial charge in [-0.1, -0.05) is 18.2 Å². The van der Waals surface area contributed by atoms with E-state index in [-0.39, 0.29) is 6.23 Å². The number of nitrogens with one attached hydrogen (secondary N) is 1. The van der Waals surface area contributed by atoms with E-state index in [0.717, 1.165) is 29.9 Å². The smallest absolute Gasteiger partial charge is 0.228 e. The largest absolute Gasteiger partial charge is 0.491 e. The number of anilines is 3. The molecular weight excluding hydrogens is 420 g/mol. The van der Waals surface area contributed by atoms with Crippen LogP contribution < -0.4 is 15.0 Å². The Morgan fingerprint density at radius 1 is 1.09 bits per heavy atom. The normalized spacial score (nSPS) is 17.7. The van der Waals surface area contributed by atoms with Gasteiger partial charge in [0.25, 0.3) is 0 Å². The van der Waals surface area contributed by atoms with Crippen LogP contribution in [0.15, 0.2) is 61.3 Å². The molecule has 9 heteroatoms. The average molecular weight is 447 g/mol. The summed E-state index contributed by atoms with van der Waals surface area (Å²) < 4.78 is 17.1. The summed E-state index contributed by atoms with van der Waals surface area (Å²) >= 11 is 0. The molecule has 0 spiro atoms. The zero-order chi connectivity index (χ0) is 22.6. The van der Waals surface area contributed by atoms with Crippen LogP contribution in [0.4, 0.5) is 17.5 Å². The third-order valence-corrected chi connectivity index (χ3v) is 5.61. The molecule has 1 fully saturated rings. The predicted octanol–water partition coefficient (Wildman–Crippen LogP) is 3.56. The van der Waals surface area contributed by atoms with Crippen molar-refractivity contribution < 1.29 is 14.2 Å². The summed E-state index contributed by atoms with van der Waals surface area (Å²) in [7, 11) is 3.62. The van der Waals surface area contributed by atoms with Gasteiger partial charge in [-0.25, -0.2) is 4.98 Å². The number of morpholine rings is 1. The first-order valence-electron chi connectivity index (χ1n) is 10.8. The molecular formula is C24H26N6O3. The molecule has 1 unspecified atom stereocenters. The van der Waals surface area contributed by atoms with E-state index in [9.17, 15) is 0 Å². The second-order valence-corrected chi connectivity index (χ2v) is 7.78. The lowest BCUT2D eigenvalue weighted by molar-refractivity contribution is 0.0730. The second-order valence-electron chi connectivity index (χ2n) is 7.78. The summed E-state index contributed by atoms with van der Waals surface area (Å²) in [6.07, 6.45) is 6.90. The highest BCUT2D eigenvalue weighted by molar-refractivity contribution is 5.77. The van der Waals surface area contributed by atoms with Crippen LogP contribution in [0.1, 0.15) is 11.8 Å². The molecule has 3 aromatic rings. The highest BCUT2D eigenvalue weighted by atomic mass is 16.5. The van der Waals surface area contributed by atoms with Gasteiger partial charge in [0.2, 0.25) is 5.95 Å². The Kier molecular flexibility index (Phi) is 5.95. The Hall–Kier alpha value is -3.85. The maximum Gasteiger partial charge on any atom is 0.228 e. The fourth-order valence-electron chi connectivity index (χ4n) is 3.92. The quantitative estimate of drug-likeness (QED) is 0.611. The van der Waals surface area contributed by atoms with Gasteiger partial charge < -0.3 is 29.3 Å². The van der Waals surface area contributed by atoms with Gasteiger partial charge in [-0.3, -0.25) is 4.98 Å². The summed E-state index contributed by atoms with van der Waals surface area (Å²) in [5, 5.41) is 3.37. The van der Waals surface area contributed by atoms with Gasteiger partial charge >= 0.3 is 0 Å². The summed E-state index contributed by atoms with van der Waals surface area (Å²) in [5.74, 6) is 1.79. The van der Waals surface area contributed by atoms with E-state index in [1.54, 1.807) is 25.8 Å². The molecule has 0 amide bonds. The maximum absolute atomic E-state index is 5.83. The monoisotopic (exact) mass is 446 g/mol. The van der Waals surface area contributed by atoms with Crippen molar-refractivity contribution in [1.29, 1.82) is 0 Å². The minimum absolute atomic E-state index is 0.175. The highest BCUT2D eigenvalue weighted by Gasteiger charge is 2.24. The van der Waals surface area contributed by atoms with Crippen molar-refractivity contribution in [3.8, 4) is 17.0 Å². The van der Waals surface area contributed by atoms with E-state index < -0.39 is 0 Å². The van der Waals surface area contributed by atoms with Crippen molar-refractivity contribution in [2.45, 2.75) is 6.23 Å². The molecule has 4 heterocycles. The molecule has 0 aliphatic carbocycles. The summed E-state index contributed by atoms with van der Waals surface area (Å²) in [5.41, 5.74) is 3.52. The molecule has 0 bridgehead atoms. The lowest BCUT2D eigenvalue weighted by Crippen LogP contribution is -2.37. The van der Waals surface area contributed by atoms with Gasteiger partial charge in [0.1, 0.15) is 12.0 Å². The number of nitrogens with zero attached hydrogens (tertiary/aromatic N) is 5. The fraction of sp³-hybridized carbons (Fsp3) is 0.292. The Bertz CT molecular complexity index is 1130. The van der Waals surface area contributed by atoms with Crippen LogP contribution >= 0.6 is 0 Å². The van der Waals surface area contributed by atoms with Gasteiger partial charge in [0.15, 0.2) is 17.8 Å². The molecule has 9 nitrogen and oxygen atoms in total. The number of methoxy groups -OCH3 is 1. The number of hydrogen-bond donors (Lipinski definition) is 1. The molecule has 5 rings (SSSR count). The summed E-state index contributed by atoms with van der Waals surface area (Å²) in [6.45, 7) is 2.75. The van der Waals surface area contributed by atoms with Gasteiger partial charge in [0.05, 0.1) is 20.3 Å². The predicted molar refractivity (Wildman–Crippen MR) is 125 cm³/mol. The van der Waals surface area contributed by atoms with E-state index >= 15 is 0 Å². The lowest BCUT2D eigenvalue weighted by Gasteiger charge is -2.28. The van der Waals surface area contributed by atoms with E-state index in [4.69, 9.17) is 24.2 Å². The van der Waals surface area contributed by atoms with Crippen LogP contribution in [0.25, 0.3) is 11.3 Å². The van der Waals surface area contributed by atoms with Crippen molar-refractivity contribution in [3.05, 3.63) is 66.8 Å². The van der Waals surface area contributed by atoms with Crippen LogP contribution in [0, 0.1) is 0 Å². The van der Waals surface area contributed by atoms with E-state index in [0.29, 0.717) is 36.4 Å². The first-order valence-corrected chi connectivity index (χ1v) is 10.8. The lowest BCUT2D eigenvalue weighted by atomic mass is 10.1. The van der Waals surface area contributed by atoms with Crippen molar-refractivity contribution in [3.63, 3.8) is 0 Å². The second kappa shape index (κ2) is 9.33. The first kappa shape index (κ1) is 21.0. The molecule has 2 aliphatic heterocycles. The number of aromatic nitrogens is 3. The number of benzene rings is 1. The molecule has 2 aliphatic rings. The molecule has 1 N–H and O–H groups in total. The minimum atomic E-state index is -0.175. The van der Waals surface area contributed by atoms with Crippen LogP contribution in [-0.2, 0) is 9.47 Å². The number of ether oxygens (including phenoxy) is 3. The topological polar surface area (TPSA) is 84.9 Å². The fourth-order valence-corrected chi connectivity index (χ4v) is 3.92. The maximum atomic E-state index is 5.83. The van der Waals surface area contributed by atoms with Crippen molar-refractivity contribution >= 4 is 17.5 Å². The SMILES string of the molecule is COc1c(Nc2ccncc2)nc(N2CCOCC2)nc1-c1cccc(C2OC=CN2C)c1. The van der Waals surface area contributed by atoms with Gasteiger partial charge in [-0.15, -0.1) is 0 Å². The Morgan fingerprint density at radius 2 is 1.91 bits per heavy atom.